The van der Waals surface area contributed by atoms with Crippen molar-refractivity contribution in [2.24, 2.45) is 5.73 Å². The Kier molecular flexibility index (Phi) is 4.15. The van der Waals surface area contributed by atoms with Gasteiger partial charge in [-0.05, 0) is 12.1 Å². The number of benzene rings is 1. The van der Waals surface area contributed by atoms with E-state index in [-0.39, 0.29) is 6.42 Å². The predicted octanol–water partition coefficient (Wildman–Crippen LogP) is 1.88. The molecule has 0 aliphatic rings. The highest BCUT2D eigenvalue weighted by molar-refractivity contribution is 6.31. The zero-order chi connectivity index (χ0) is 12.3. The third kappa shape index (κ3) is 2.87. The predicted molar refractivity (Wildman–Crippen MR) is 65.0 cm³/mol. The van der Waals surface area contributed by atoms with Gasteiger partial charge in [0.2, 0.25) is 0 Å². The molecule has 1 rings (SSSR count). The molecule has 0 heterocycles. The summed E-state index contributed by atoms with van der Waals surface area (Å²) in [5.74, 6) is -0.933. The molecule has 0 amide bonds. The Morgan fingerprint density at radius 2 is 2.19 bits per heavy atom. The highest BCUT2D eigenvalue weighted by atomic mass is 35.5. The van der Waals surface area contributed by atoms with Crippen molar-refractivity contribution in [3.05, 3.63) is 28.8 Å². The first-order valence-electron chi connectivity index (χ1n) is 4.86. The minimum absolute atomic E-state index is 0.134. The van der Waals surface area contributed by atoms with Crippen LogP contribution in [-0.4, -0.2) is 25.2 Å². The van der Waals surface area contributed by atoms with Gasteiger partial charge < -0.3 is 15.7 Å². The lowest BCUT2D eigenvalue weighted by molar-refractivity contribution is -0.137. The van der Waals surface area contributed by atoms with E-state index in [4.69, 9.17) is 22.4 Å². The maximum Gasteiger partial charge on any atom is 0.305 e. The van der Waals surface area contributed by atoms with E-state index >= 15 is 0 Å². The number of hydrogen-bond acceptors (Lipinski definition) is 3. The van der Waals surface area contributed by atoms with Gasteiger partial charge in [-0.15, -0.1) is 0 Å². The maximum absolute atomic E-state index is 10.6. The van der Waals surface area contributed by atoms with Crippen LogP contribution in [0.25, 0.3) is 0 Å². The van der Waals surface area contributed by atoms with Crippen molar-refractivity contribution in [2.45, 2.75) is 12.5 Å². The van der Waals surface area contributed by atoms with Crippen LogP contribution in [0.15, 0.2) is 18.2 Å². The van der Waals surface area contributed by atoms with E-state index in [2.05, 4.69) is 0 Å². The molecule has 1 aromatic rings. The van der Waals surface area contributed by atoms with Crippen molar-refractivity contribution in [1.82, 2.24) is 0 Å². The van der Waals surface area contributed by atoms with E-state index < -0.39 is 12.0 Å². The van der Waals surface area contributed by atoms with Gasteiger partial charge in [-0.2, -0.15) is 0 Å². The van der Waals surface area contributed by atoms with Crippen molar-refractivity contribution >= 4 is 23.3 Å². The third-order valence-electron chi connectivity index (χ3n) is 2.28. The Morgan fingerprint density at radius 3 is 2.69 bits per heavy atom. The van der Waals surface area contributed by atoms with Gasteiger partial charge in [0.1, 0.15) is 0 Å². The van der Waals surface area contributed by atoms with Crippen LogP contribution in [0, 0.1) is 0 Å². The Hall–Kier alpha value is -1.26. The van der Waals surface area contributed by atoms with Crippen molar-refractivity contribution in [2.75, 3.05) is 19.0 Å². The fourth-order valence-electron chi connectivity index (χ4n) is 1.57. The molecule has 0 aliphatic heterocycles. The first kappa shape index (κ1) is 12.8. The molecule has 16 heavy (non-hydrogen) atoms. The van der Waals surface area contributed by atoms with Crippen molar-refractivity contribution in [1.29, 1.82) is 0 Å². The molecular weight excluding hydrogens is 228 g/mol. The van der Waals surface area contributed by atoms with Gasteiger partial charge in [-0.3, -0.25) is 4.79 Å². The fraction of sp³-hybridized carbons (Fsp3) is 0.364. The van der Waals surface area contributed by atoms with Gasteiger partial charge in [-0.1, -0.05) is 17.7 Å². The zero-order valence-electron chi connectivity index (χ0n) is 9.27. The van der Waals surface area contributed by atoms with Crippen LogP contribution < -0.4 is 10.6 Å². The molecule has 1 unspecified atom stereocenters. The topological polar surface area (TPSA) is 66.6 Å². The first-order chi connectivity index (χ1) is 7.43. The van der Waals surface area contributed by atoms with Gasteiger partial charge >= 0.3 is 5.97 Å². The molecule has 0 spiro atoms. The third-order valence-corrected chi connectivity index (χ3v) is 2.61. The van der Waals surface area contributed by atoms with Crippen LogP contribution in [0.1, 0.15) is 18.0 Å². The highest BCUT2D eigenvalue weighted by Gasteiger charge is 2.18. The largest absolute Gasteiger partial charge is 0.481 e. The number of carboxylic acids is 1. The smallest absolute Gasteiger partial charge is 0.305 e. The lowest BCUT2D eigenvalue weighted by Crippen LogP contribution is -2.20. The molecule has 1 atom stereocenters. The van der Waals surface area contributed by atoms with Crippen LogP contribution in [0.4, 0.5) is 5.69 Å². The van der Waals surface area contributed by atoms with E-state index in [9.17, 15) is 4.79 Å². The van der Waals surface area contributed by atoms with E-state index in [1.165, 1.54) is 0 Å². The van der Waals surface area contributed by atoms with Gasteiger partial charge in [-0.25, -0.2) is 0 Å². The summed E-state index contributed by atoms with van der Waals surface area (Å²) in [5, 5.41) is 9.23. The number of carboxylic acid groups (broad SMARTS) is 1. The molecule has 0 radical (unpaired) electrons. The lowest BCUT2D eigenvalue weighted by Gasteiger charge is -2.21. The van der Waals surface area contributed by atoms with Crippen LogP contribution >= 0.6 is 11.6 Å². The SMILES string of the molecule is CN(C)c1cccc(Cl)c1C(N)CC(=O)O. The van der Waals surface area contributed by atoms with Crippen LogP contribution in [0.3, 0.4) is 0 Å². The normalized spacial score (nSPS) is 12.2. The fourth-order valence-corrected chi connectivity index (χ4v) is 1.88. The van der Waals surface area contributed by atoms with Gasteiger partial charge in [0, 0.05) is 36.4 Å². The summed E-state index contributed by atoms with van der Waals surface area (Å²) < 4.78 is 0. The monoisotopic (exact) mass is 242 g/mol. The summed E-state index contributed by atoms with van der Waals surface area (Å²) in [6.07, 6.45) is -0.134. The second-order valence-corrected chi connectivity index (χ2v) is 4.18. The Labute approximate surface area is 99.6 Å². The summed E-state index contributed by atoms with van der Waals surface area (Å²) >= 11 is 6.05. The average Bonchev–Trinajstić information content (AvgIpc) is 2.15. The van der Waals surface area contributed by atoms with E-state index in [0.29, 0.717) is 10.6 Å². The van der Waals surface area contributed by atoms with Crippen LogP contribution in [0.2, 0.25) is 5.02 Å². The second-order valence-electron chi connectivity index (χ2n) is 3.77. The number of rotatable bonds is 4. The molecule has 0 saturated carbocycles. The quantitative estimate of drug-likeness (QED) is 0.846. The summed E-state index contributed by atoms with van der Waals surface area (Å²) in [7, 11) is 3.73. The number of carbonyl (C=O) groups is 1. The van der Waals surface area contributed by atoms with Crippen molar-refractivity contribution in [3.63, 3.8) is 0 Å². The van der Waals surface area contributed by atoms with Gasteiger partial charge in [0.25, 0.3) is 0 Å². The summed E-state index contributed by atoms with van der Waals surface area (Å²) in [4.78, 5) is 12.5. The first-order valence-corrected chi connectivity index (χ1v) is 5.24. The minimum atomic E-state index is -0.933. The number of anilines is 1. The number of hydrogen-bond donors (Lipinski definition) is 2. The molecule has 4 nitrogen and oxygen atoms in total. The Balaban J connectivity index is 3.14. The van der Waals surface area contributed by atoms with Crippen molar-refractivity contribution < 1.29 is 9.90 Å². The van der Waals surface area contributed by atoms with Crippen LogP contribution in [0.5, 0.6) is 0 Å². The Bertz CT molecular complexity index is 394. The molecule has 0 aliphatic carbocycles. The van der Waals surface area contributed by atoms with E-state index in [1.807, 2.05) is 31.1 Å². The number of nitrogens with two attached hydrogens (primary N) is 1. The Morgan fingerprint density at radius 1 is 1.56 bits per heavy atom. The number of nitrogens with zero attached hydrogens (tertiary/aromatic N) is 1. The van der Waals surface area contributed by atoms with Gasteiger partial charge in [0.15, 0.2) is 0 Å². The zero-order valence-corrected chi connectivity index (χ0v) is 10.0. The molecule has 0 bridgehead atoms. The number of halogens is 1. The van der Waals surface area contributed by atoms with Gasteiger partial charge in [0.05, 0.1) is 6.42 Å². The van der Waals surface area contributed by atoms with Crippen molar-refractivity contribution in [3.8, 4) is 0 Å². The van der Waals surface area contributed by atoms with E-state index in [0.717, 1.165) is 5.69 Å². The molecular formula is C11H15ClN2O2. The molecule has 0 aromatic heterocycles. The standard InChI is InChI=1S/C11H15ClN2O2/c1-14(2)9-5-3-4-7(12)11(9)8(13)6-10(15)16/h3-5,8H,6,13H2,1-2H3,(H,15,16). The minimum Gasteiger partial charge on any atom is -0.481 e. The number of aliphatic carboxylic acids is 1. The summed E-state index contributed by atoms with van der Waals surface area (Å²) in [5.41, 5.74) is 7.37. The average molecular weight is 243 g/mol. The second kappa shape index (κ2) is 5.18. The molecule has 3 N–H and O–H groups in total. The molecule has 88 valence electrons. The maximum atomic E-state index is 10.6. The van der Waals surface area contributed by atoms with E-state index in [1.54, 1.807) is 6.07 Å². The molecule has 0 saturated heterocycles. The van der Waals surface area contributed by atoms with Crippen LogP contribution in [-0.2, 0) is 4.79 Å². The summed E-state index contributed by atoms with van der Waals surface area (Å²) in [6.45, 7) is 0. The molecule has 0 fully saturated rings. The molecule has 5 heteroatoms. The lowest BCUT2D eigenvalue weighted by atomic mass is 10.0. The molecule has 1 aromatic carbocycles. The summed E-state index contributed by atoms with van der Waals surface area (Å²) in [6, 6.07) is 4.80. The highest BCUT2D eigenvalue weighted by Crippen LogP contribution is 2.32.